The monoisotopic (exact) mass is 222 g/mol. The first-order valence-corrected chi connectivity index (χ1v) is 6.22. The molecule has 0 radical (unpaired) electrons. The van der Waals surface area contributed by atoms with Gasteiger partial charge in [-0.25, -0.2) is 0 Å². The van der Waals surface area contributed by atoms with Gasteiger partial charge in [0.15, 0.2) is 0 Å². The molecular weight excluding hydrogens is 196 g/mol. The minimum atomic E-state index is 0.183. The summed E-state index contributed by atoms with van der Waals surface area (Å²) in [4.78, 5) is 2.36. The normalized spacial score (nSPS) is 19.6. The number of hydrogen-bond acceptors (Lipinski definition) is 2. The summed E-state index contributed by atoms with van der Waals surface area (Å²) in [6.07, 6.45) is 6.73. The van der Waals surface area contributed by atoms with Gasteiger partial charge in [-0.1, -0.05) is 33.4 Å². The molecule has 1 heterocycles. The van der Waals surface area contributed by atoms with E-state index in [0.717, 1.165) is 13.1 Å². The maximum absolute atomic E-state index is 3.92. The molecule has 0 amide bonds. The molecule has 0 aliphatic carbocycles. The van der Waals surface area contributed by atoms with Crippen LogP contribution >= 0.6 is 0 Å². The SMILES string of the molecule is C=C/C(=C\N(C)C1CCNCC1)C(C)(C)C. The highest BCUT2D eigenvalue weighted by Gasteiger charge is 2.19. The fraction of sp³-hybridized carbons (Fsp3) is 0.714. The van der Waals surface area contributed by atoms with Gasteiger partial charge in [0.1, 0.15) is 0 Å². The van der Waals surface area contributed by atoms with Crippen LogP contribution in [-0.4, -0.2) is 31.1 Å². The summed E-state index contributed by atoms with van der Waals surface area (Å²) in [5.41, 5.74) is 1.50. The highest BCUT2D eigenvalue weighted by Crippen LogP contribution is 2.26. The Morgan fingerprint density at radius 2 is 1.88 bits per heavy atom. The van der Waals surface area contributed by atoms with E-state index in [1.54, 1.807) is 0 Å². The first-order chi connectivity index (χ1) is 7.45. The molecule has 0 aromatic rings. The van der Waals surface area contributed by atoms with Gasteiger partial charge in [-0.15, -0.1) is 0 Å². The summed E-state index contributed by atoms with van der Waals surface area (Å²) in [6.45, 7) is 12.9. The van der Waals surface area contributed by atoms with Crippen LogP contribution in [0.4, 0.5) is 0 Å². The second-order valence-electron chi connectivity index (χ2n) is 5.69. The number of hydrogen-bond donors (Lipinski definition) is 1. The van der Waals surface area contributed by atoms with Crippen molar-refractivity contribution >= 4 is 0 Å². The van der Waals surface area contributed by atoms with E-state index in [1.807, 2.05) is 6.08 Å². The molecule has 1 aliphatic rings. The maximum atomic E-state index is 3.92. The van der Waals surface area contributed by atoms with Gasteiger partial charge in [-0.05, 0) is 36.9 Å². The Morgan fingerprint density at radius 1 is 1.31 bits per heavy atom. The van der Waals surface area contributed by atoms with Crippen molar-refractivity contribution in [3.05, 3.63) is 24.4 Å². The van der Waals surface area contributed by atoms with Crippen molar-refractivity contribution in [3.8, 4) is 0 Å². The Hall–Kier alpha value is -0.760. The van der Waals surface area contributed by atoms with E-state index in [0.29, 0.717) is 6.04 Å². The Kier molecular flexibility index (Phi) is 4.60. The van der Waals surface area contributed by atoms with Gasteiger partial charge in [-0.3, -0.25) is 0 Å². The summed E-state index contributed by atoms with van der Waals surface area (Å²) in [6, 6.07) is 0.679. The first kappa shape index (κ1) is 13.3. The van der Waals surface area contributed by atoms with E-state index >= 15 is 0 Å². The zero-order valence-corrected chi connectivity index (χ0v) is 11.2. The molecule has 2 heteroatoms. The van der Waals surface area contributed by atoms with Gasteiger partial charge in [0.2, 0.25) is 0 Å². The van der Waals surface area contributed by atoms with Crippen molar-refractivity contribution < 1.29 is 0 Å². The van der Waals surface area contributed by atoms with Crippen molar-refractivity contribution in [2.45, 2.75) is 39.7 Å². The smallest absolute Gasteiger partial charge is 0.0305 e. The van der Waals surface area contributed by atoms with Gasteiger partial charge in [-0.2, -0.15) is 0 Å². The lowest BCUT2D eigenvalue weighted by Crippen LogP contribution is -2.39. The topological polar surface area (TPSA) is 15.3 Å². The molecule has 1 N–H and O–H groups in total. The van der Waals surface area contributed by atoms with Gasteiger partial charge in [0.05, 0.1) is 0 Å². The van der Waals surface area contributed by atoms with Gasteiger partial charge in [0.25, 0.3) is 0 Å². The van der Waals surface area contributed by atoms with Crippen molar-refractivity contribution in [2.75, 3.05) is 20.1 Å². The van der Waals surface area contributed by atoms with Gasteiger partial charge in [0, 0.05) is 19.3 Å². The van der Waals surface area contributed by atoms with E-state index < -0.39 is 0 Å². The largest absolute Gasteiger partial charge is 0.377 e. The molecule has 16 heavy (non-hydrogen) atoms. The average molecular weight is 222 g/mol. The van der Waals surface area contributed by atoms with Gasteiger partial charge >= 0.3 is 0 Å². The van der Waals surface area contributed by atoms with Crippen LogP contribution in [0.3, 0.4) is 0 Å². The molecule has 92 valence electrons. The number of allylic oxidation sites excluding steroid dienone is 2. The van der Waals surface area contributed by atoms with E-state index in [9.17, 15) is 0 Å². The molecule has 0 aromatic heterocycles. The molecular formula is C14H26N2. The van der Waals surface area contributed by atoms with Crippen LogP contribution in [0.1, 0.15) is 33.6 Å². The molecule has 1 saturated heterocycles. The third kappa shape index (κ3) is 3.67. The predicted molar refractivity (Wildman–Crippen MR) is 71.4 cm³/mol. The molecule has 0 aromatic carbocycles. The third-order valence-electron chi connectivity index (χ3n) is 3.31. The molecule has 2 nitrogen and oxygen atoms in total. The summed E-state index contributed by atoms with van der Waals surface area (Å²) in [5.74, 6) is 0. The molecule has 1 rings (SSSR count). The highest BCUT2D eigenvalue weighted by atomic mass is 15.1. The molecule has 1 aliphatic heterocycles. The fourth-order valence-corrected chi connectivity index (χ4v) is 2.09. The minimum absolute atomic E-state index is 0.183. The third-order valence-corrected chi connectivity index (χ3v) is 3.31. The van der Waals surface area contributed by atoms with Crippen LogP contribution in [0.25, 0.3) is 0 Å². The zero-order chi connectivity index (χ0) is 12.2. The van der Waals surface area contributed by atoms with Crippen molar-refractivity contribution in [3.63, 3.8) is 0 Å². The molecule has 0 saturated carbocycles. The zero-order valence-electron chi connectivity index (χ0n) is 11.2. The van der Waals surface area contributed by atoms with Crippen LogP contribution < -0.4 is 5.32 Å². The molecule has 0 unspecified atom stereocenters. The summed E-state index contributed by atoms with van der Waals surface area (Å²) >= 11 is 0. The van der Waals surface area contributed by atoms with Crippen molar-refractivity contribution in [1.82, 2.24) is 10.2 Å². The minimum Gasteiger partial charge on any atom is -0.377 e. The molecule has 0 atom stereocenters. The van der Waals surface area contributed by atoms with E-state index in [1.165, 1.54) is 18.4 Å². The quantitative estimate of drug-likeness (QED) is 0.739. The first-order valence-electron chi connectivity index (χ1n) is 6.22. The van der Waals surface area contributed by atoms with E-state index in [2.05, 4.69) is 50.8 Å². The second kappa shape index (κ2) is 5.53. The number of nitrogens with zero attached hydrogens (tertiary/aromatic N) is 1. The predicted octanol–water partition coefficient (Wildman–Crippen LogP) is 2.79. The molecule has 1 fully saturated rings. The highest BCUT2D eigenvalue weighted by molar-refractivity contribution is 5.22. The standard InChI is InChI=1S/C14H26N2/c1-6-12(14(2,3)4)11-16(5)13-7-9-15-10-8-13/h6,11,13,15H,1,7-10H2,2-5H3/b12-11+. The summed E-state index contributed by atoms with van der Waals surface area (Å²) in [7, 11) is 2.19. The second-order valence-corrected chi connectivity index (χ2v) is 5.69. The van der Waals surface area contributed by atoms with E-state index in [-0.39, 0.29) is 5.41 Å². The lowest BCUT2D eigenvalue weighted by Gasteiger charge is -2.33. The maximum Gasteiger partial charge on any atom is 0.0305 e. The summed E-state index contributed by atoms with van der Waals surface area (Å²) < 4.78 is 0. The van der Waals surface area contributed by atoms with E-state index in [4.69, 9.17) is 0 Å². The van der Waals surface area contributed by atoms with Crippen LogP contribution in [0.5, 0.6) is 0 Å². The lowest BCUT2D eigenvalue weighted by molar-refractivity contribution is 0.260. The number of piperidine rings is 1. The average Bonchev–Trinajstić information content (AvgIpc) is 2.25. The number of nitrogens with one attached hydrogen (secondary N) is 1. The summed E-state index contributed by atoms with van der Waals surface area (Å²) in [5, 5.41) is 3.40. The Balaban J connectivity index is 2.68. The van der Waals surface area contributed by atoms with Gasteiger partial charge < -0.3 is 10.2 Å². The number of rotatable bonds is 3. The lowest BCUT2D eigenvalue weighted by atomic mass is 9.87. The molecule has 0 bridgehead atoms. The van der Waals surface area contributed by atoms with Crippen LogP contribution in [-0.2, 0) is 0 Å². The Labute approximate surface area is 100 Å². The van der Waals surface area contributed by atoms with Crippen LogP contribution in [0.15, 0.2) is 24.4 Å². The van der Waals surface area contributed by atoms with Crippen molar-refractivity contribution in [1.29, 1.82) is 0 Å². The van der Waals surface area contributed by atoms with Crippen molar-refractivity contribution in [2.24, 2.45) is 5.41 Å². The van der Waals surface area contributed by atoms with Crippen LogP contribution in [0.2, 0.25) is 0 Å². The Bertz CT molecular complexity index is 254. The van der Waals surface area contributed by atoms with Crippen LogP contribution in [0, 0.1) is 5.41 Å². The fourth-order valence-electron chi connectivity index (χ4n) is 2.09. The Morgan fingerprint density at radius 3 is 2.31 bits per heavy atom. The molecule has 0 spiro atoms.